The first kappa shape index (κ1) is 19.4. The highest BCUT2D eigenvalue weighted by Crippen LogP contribution is 2.44. The van der Waals surface area contributed by atoms with E-state index in [4.69, 9.17) is 0 Å². The van der Waals surface area contributed by atoms with Gasteiger partial charge >= 0.3 is 11.0 Å². The number of alkyl halides is 6. The highest BCUT2D eigenvalue weighted by molar-refractivity contribution is 8.13. The summed E-state index contributed by atoms with van der Waals surface area (Å²) in [5.74, 6) is 0. The minimum Gasteiger partial charge on any atom is -0.227 e. The van der Waals surface area contributed by atoms with Crippen LogP contribution in [0, 0.1) is 4.58 Å². The second kappa shape index (κ2) is 5.80. The molecule has 0 unspecified atom stereocenters. The number of hydrogen-bond donors (Lipinski definition) is 0. The van der Waals surface area contributed by atoms with E-state index in [1.807, 2.05) is 0 Å². The Bertz CT molecular complexity index is 963. The Balaban J connectivity index is 2.84. The van der Waals surface area contributed by atoms with Gasteiger partial charge in [-0.2, -0.15) is 44.0 Å². The maximum Gasteiger partial charge on any atom is 0.491 e. The van der Waals surface area contributed by atoms with Gasteiger partial charge in [0.05, 0.1) is 4.58 Å². The van der Waals surface area contributed by atoms with Crippen molar-refractivity contribution in [3.8, 4) is 0 Å². The van der Waals surface area contributed by atoms with Gasteiger partial charge in [-0.1, -0.05) is 29.7 Å². The van der Waals surface area contributed by atoms with E-state index in [0.717, 1.165) is 6.07 Å². The molecule has 0 heterocycles. The van der Waals surface area contributed by atoms with Crippen molar-refractivity contribution in [1.29, 1.82) is 0 Å². The maximum atomic E-state index is 12.8. The van der Waals surface area contributed by atoms with Gasteiger partial charge in [0.15, 0.2) is 0 Å². The second-order valence-corrected chi connectivity index (χ2v) is 8.76. The van der Waals surface area contributed by atoms with Gasteiger partial charge in [-0.3, -0.25) is 0 Å². The molecule has 0 saturated heterocycles. The second-order valence-electron chi connectivity index (χ2n) is 4.75. The van der Waals surface area contributed by atoms with Crippen LogP contribution >= 0.6 is 0 Å². The Kier molecular flexibility index (Phi) is 4.49. The Labute approximate surface area is 137 Å². The van der Waals surface area contributed by atoms with E-state index in [2.05, 4.69) is 0 Å². The molecule has 0 N–H and O–H groups in total. The molecule has 0 radical (unpaired) electrons. The SMILES string of the molecule is O=S(=O)([C-](c1ccc2ccccc2c1)S(=O)(=O)C(F)(F)F)C(F)(F)F. The van der Waals surface area contributed by atoms with Gasteiger partial charge in [0.1, 0.15) is 0 Å². The van der Waals surface area contributed by atoms with Crippen molar-refractivity contribution in [2.24, 2.45) is 0 Å². The summed E-state index contributed by atoms with van der Waals surface area (Å²) in [6, 6.07) is 7.87. The number of rotatable bonds is 3. The first-order valence-electron chi connectivity index (χ1n) is 6.18. The van der Waals surface area contributed by atoms with Gasteiger partial charge in [-0.05, 0) is 5.39 Å². The van der Waals surface area contributed by atoms with Gasteiger partial charge in [-0.15, -0.1) is 6.07 Å². The summed E-state index contributed by atoms with van der Waals surface area (Å²) in [5.41, 5.74) is -13.7. The lowest BCUT2D eigenvalue weighted by Gasteiger charge is -2.27. The Hall–Kier alpha value is -1.95. The molecule has 0 aliphatic carbocycles. The number of halogens is 6. The number of hydrogen-bond acceptors (Lipinski definition) is 4. The highest BCUT2D eigenvalue weighted by Gasteiger charge is 2.59. The zero-order valence-corrected chi connectivity index (χ0v) is 13.4. The minimum atomic E-state index is -6.79. The van der Waals surface area contributed by atoms with Gasteiger partial charge in [0, 0.05) is 0 Å². The van der Waals surface area contributed by atoms with Crippen LogP contribution in [0.25, 0.3) is 10.8 Å². The van der Waals surface area contributed by atoms with E-state index in [0.29, 0.717) is 17.5 Å². The first-order chi connectivity index (χ1) is 11.2. The third-order valence-corrected chi connectivity index (χ3v) is 7.07. The van der Waals surface area contributed by atoms with Crippen LogP contribution in [0.3, 0.4) is 0 Å². The fraction of sp³-hybridized carbons (Fsp3) is 0.154. The summed E-state index contributed by atoms with van der Waals surface area (Å²) in [6.45, 7) is 0. The summed E-state index contributed by atoms with van der Waals surface area (Å²) >= 11 is 0. The summed E-state index contributed by atoms with van der Waals surface area (Å²) in [6.07, 6.45) is 0. The third kappa shape index (κ3) is 3.27. The van der Waals surface area contributed by atoms with E-state index < -0.39 is 40.8 Å². The monoisotopic (exact) mass is 405 g/mol. The molecular formula is C13H7F6O4S2-. The minimum absolute atomic E-state index is 0.0623. The molecule has 0 atom stereocenters. The average molecular weight is 405 g/mol. The zero-order chi connectivity index (χ0) is 19.3. The molecule has 25 heavy (non-hydrogen) atoms. The molecule has 0 aliphatic heterocycles. The maximum absolute atomic E-state index is 12.8. The largest absolute Gasteiger partial charge is 0.491 e. The number of benzene rings is 2. The molecule has 138 valence electrons. The van der Waals surface area contributed by atoms with Crippen molar-refractivity contribution < 1.29 is 43.2 Å². The first-order valence-corrected chi connectivity index (χ1v) is 9.15. The molecule has 0 bridgehead atoms. The Morgan fingerprint density at radius 3 is 1.56 bits per heavy atom. The normalized spacial score (nSPS) is 13.8. The summed E-state index contributed by atoms with van der Waals surface area (Å²) in [5, 5.41) is 0.423. The molecule has 0 saturated carbocycles. The lowest BCUT2D eigenvalue weighted by atomic mass is 10.1. The molecule has 0 fully saturated rings. The fourth-order valence-electron chi connectivity index (χ4n) is 1.98. The van der Waals surface area contributed by atoms with Crippen molar-refractivity contribution >= 4 is 30.4 Å². The predicted molar refractivity (Wildman–Crippen MR) is 76.2 cm³/mol. The smallest absolute Gasteiger partial charge is 0.227 e. The fourth-order valence-corrected chi connectivity index (χ4v) is 5.00. The van der Waals surface area contributed by atoms with Crippen molar-refractivity contribution in [2.75, 3.05) is 0 Å². The van der Waals surface area contributed by atoms with Crippen molar-refractivity contribution in [3.63, 3.8) is 0 Å². The van der Waals surface area contributed by atoms with Crippen molar-refractivity contribution in [1.82, 2.24) is 0 Å². The highest BCUT2D eigenvalue weighted by atomic mass is 32.3. The van der Waals surface area contributed by atoms with E-state index in [1.54, 1.807) is 0 Å². The van der Waals surface area contributed by atoms with Gasteiger partial charge < -0.3 is 0 Å². The Morgan fingerprint density at radius 1 is 0.680 bits per heavy atom. The van der Waals surface area contributed by atoms with E-state index in [9.17, 15) is 43.2 Å². The van der Waals surface area contributed by atoms with Crippen molar-refractivity contribution in [2.45, 2.75) is 11.0 Å². The molecule has 0 amide bonds. The number of fused-ring (bicyclic) bond motifs is 1. The molecule has 12 heteroatoms. The zero-order valence-electron chi connectivity index (χ0n) is 11.8. The van der Waals surface area contributed by atoms with Crippen LogP contribution in [-0.2, 0) is 19.7 Å². The van der Waals surface area contributed by atoms with Crippen LogP contribution in [0.15, 0.2) is 42.5 Å². The lowest BCUT2D eigenvalue weighted by Crippen LogP contribution is -2.39. The molecule has 2 aromatic rings. The quantitative estimate of drug-likeness (QED) is 0.579. The van der Waals surface area contributed by atoms with E-state index in [-0.39, 0.29) is 5.39 Å². The molecule has 0 aromatic heterocycles. The van der Waals surface area contributed by atoms with Crippen LogP contribution in [0.5, 0.6) is 0 Å². The predicted octanol–water partition coefficient (Wildman–Crippen LogP) is 3.55. The Morgan fingerprint density at radius 2 is 1.12 bits per heavy atom. The topological polar surface area (TPSA) is 68.3 Å². The van der Waals surface area contributed by atoms with Crippen LogP contribution in [0.4, 0.5) is 26.3 Å². The molecule has 2 rings (SSSR count). The van der Waals surface area contributed by atoms with Crippen LogP contribution in [0.2, 0.25) is 0 Å². The van der Waals surface area contributed by atoms with E-state index in [1.165, 1.54) is 24.3 Å². The molecule has 2 aromatic carbocycles. The lowest BCUT2D eigenvalue weighted by molar-refractivity contribution is -0.0452. The van der Waals surface area contributed by atoms with Crippen LogP contribution < -0.4 is 0 Å². The van der Waals surface area contributed by atoms with Crippen LogP contribution in [0.1, 0.15) is 5.56 Å². The molecule has 0 aliphatic rings. The van der Waals surface area contributed by atoms with Gasteiger partial charge in [0.2, 0.25) is 19.7 Å². The molecule has 0 spiro atoms. The van der Waals surface area contributed by atoms with Crippen molar-refractivity contribution in [3.05, 3.63) is 52.6 Å². The average Bonchev–Trinajstić information content (AvgIpc) is 2.44. The molecular weight excluding hydrogens is 398 g/mol. The van der Waals surface area contributed by atoms with Gasteiger partial charge in [0.25, 0.3) is 0 Å². The van der Waals surface area contributed by atoms with Gasteiger partial charge in [-0.25, -0.2) is 16.8 Å². The summed E-state index contributed by atoms with van der Waals surface area (Å²) in [4.78, 5) is 0. The van der Waals surface area contributed by atoms with E-state index >= 15 is 0 Å². The summed E-state index contributed by atoms with van der Waals surface area (Å²) in [7, 11) is -13.6. The standard InChI is InChI=1S/C13H7F6O4S2/c14-12(15,16)24(20,21)11(25(22,23)13(17,18)19)10-6-5-8-3-1-2-4-9(8)7-10/h1-7H/q-1. The third-order valence-electron chi connectivity index (χ3n) is 3.08. The number of sulfone groups is 2. The van der Waals surface area contributed by atoms with Crippen LogP contribution in [-0.4, -0.2) is 27.9 Å². The summed E-state index contributed by atoms with van der Waals surface area (Å²) < 4.78 is 120. The molecule has 4 nitrogen and oxygen atoms in total.